The van der Waals surface area contributed by atoms with Crippen molar-refractivity contribution in [3.63, 3.8) is 0 Å². The second kappa shape index (κ2) is 9.95. The van der Waals surface area contributed by atoms with E-state index in [-0.39, 0.29) is 5.91 Å². The van der Waals surface area contributed by atoms with E-state index in [2.05, 4.69) is 32.6 Å². The molecule has 3 heterocycles. The van der Waals surface area contributed by atoms with Gasteiger partial charge in [0.15, 0.2) is 0 Å². The number of carbonyl (C=O) groups excluding carboxylic acids is 1. The summed E-state index contributed by atoms with van der Waals surface area (Å²) >= 11 is 6.21. The molecule has 1 N–H and O–H groups in total. The maximum absolute atomic E-state index is 14.0. The zero-order valence-corrected chi connectivity index (χ0v) is 22.1. The Bertz CT molecular complexity index is 1630. The summed E-state index contributed by atoms with van der Waals surface area (Å²) in [6.45, 7) is 0.881. The lowest BCUT2D eigenvalue weighted by atomic mass is 9.97. The van der Waals surface area contributed by atoms with Crippen molar-refractivity contribution in [2.45, 2.75) is 25.8 Å². The van der Waals surface area contributed by atoms with Crippen LogP contribution in [0.1, 0.15) is 28.9 Å². The van der Waals surface area contributed by atoms with Gasteiger partial charge in [-0.1, -0.05) is 29.8 Å². The van der Waals surface area contributed by atoms with E-state index in [0.717, 1.165) is 65.3 Å². The van der Waals surface area contributed by atoms with Crippen LogP contribution in [0.25, 0.3) is 28.0 Å². The van der Waals surface area contributed by atoms with Gasteiger partial charge in [-0.3, -0.25) is 9.20 Å². The van der Waals surface area contributed by atoms with Crippen LogP contribution in [0.4, 0.5) is 5.69 Å². The van der Waals surface area contributed by atoms with E-state index in [1.807, 2.05) is 48.5 Å². The van der Waals surface area contributed by atoms with Crippen molar-refractivity contribution in [1.82, 2.24) is 8.97 Å². The predicted octanol–water partition coefficient (Wildman–Crippen LogP) is 7.33. The second-order valence-electron chi connectivity index (χ2n) is 9.44. The van der Waals surface area contributed by atoms with Gasteiger partial charge in [0.2, 0.25) is 0 Å². The zero-order valence-electron chi connectivity index (χ0n) is 21.3. The van der Waals surface area contributed by atoms with Crippen molar-refractivity contribution < 1.29 is 14.3 Å². The number of methoxy groups -OCH3 is 2. The second-order valence-corrected chi connectivity index (χ2v) is 9.88. The number of aromatic nitrogens is 2. The molecule has 0 fully saturated rings. The van der Waals surface area contributed by atoms with Gasteiger partial charge in [0, 0.05) is 34.6 Å². The van der Waals surface area contributed by atoms with E-state index >= 15 is 0 Å². The summed E-state index contributed by atoms with van der Waals surface area (Å²) in [6.07, 6.45) is 5.09. The first-order valence-corrected chi connectivity index (χ1v) is 13.1. The minimum absolute atomic E-state index is 0.182. The highest BCUT2D eigenvalue weighted by Gasteiger charge is 2.29. The third-order valence-corrected chi connectivity index (χ3v) is 7.43. The van der Waals surface area contributed by atoms with E-state index in [4.69, 9.17) is 21.1 Å². The number of nitrogens with one attached hydrogen (secondary N) is 1. The first-order valence-electron chi connectivity index (χ1n) is 12.7. The molecule has 38 heavy (non-hydrogen) atoms. The molecule has 1 amide bonds. The Kier molecular flexibility index (Phi) is 6.34. The van der Waals surface area contributed by atoms with Gasteiger partial charge in [-0.15, -0.1) is 0 Å². The third kappa shape index (κ3) is 4.21. The third-order valence-electron chi connectivity index (χ3n) is 7.20. The molecular weight excluding hydrogens is 498 g/mol. The highest BCUT2D eigenvalue weighted by molar-refractivity contribution is 6.31. The van der Waals surface area contributed by atoms with E-state index in [9.17, 15) is 4.79 Å². The van der Waals surface area contributed by atoms with Crippen molar-refractivity contribution >= 4 is 28.8 Å². The van der Waals surface area contributed by atoms with Crippen LogP contribution in [0.2, 0.25) is 5.02 Å². The van der Waals surface area contributed by atoms with Crippen LogP contribution in [0.15, 0.2) is 79.0 Å². The van der Waals surface area contributed by atoms with Crippen LogP contribution in [-0.2, 0) is 13.0 Å². The summed E-state index contributed by atoms with van der Waals surface area (Å²) in [6, 6.07) is 23.2. The minimum atomic E-state index is -0.182. The van der Waals surface area contributed by atoms with Crippen LogP contribution in [0, 0.1) is 0 Å². The molecule has 0 atom stereocenters. The quantitative estimate of drug-likeness (QED) is 0.252. The minimum Gasteiger partial charge on any atom is -0.497 e. The molecule has 0 bridgehead atoms. The summed E-state index contributed by atoms with van der Waals surface area (Å²) < 4.78 is 15.2. The molecule has 6 rings (SSSR count). The number of anilines is 1. The number of benzene rings is 3. The number of imidazole rings is 1. The normalized spacial score (nSPS) is 12.8. The fourth-order valence-corrected chi connectivity index (χ4v) is 5.62. The smallest absolute Gasteiger partial charge is 0.273 e. The molecule has 0 unspecified atom stereocenters. The van der Waals surface area contributed by atoms with Gasteiger partial charge in [0.05, 0.1) is 19.9 Å². The molecule has 7 heteroatoms. The molecule has 6 nitrogen and oxygen atoms in total. The SMILES string of the molecule is COc1ccc(-c2c3c4n(c(-c5ccc(OC)cc5)cn4c2C(=O)Nc2cccc(Cl)c2)CCCC3)cc1. The lowest BCUT2D eigenvalue weighted by molar-refractivity contribution is 0.102. The maximum Gasteiger partial charge on any atom is 0.273 e. The van der Waals surface area contributed by atoms with Gasteiger partial charge < -0.3 is 19.4 Å². The van der Waals surface area contributed by atoms with E-state index in [1.165, 1.54) is 5.56 Å². The molecular formula is C31H28ClN3O3. The van der Waals surface area contributed by atoms with Crippen LogP contribution >= 0.6 is 11.6 Å². The van der Waals surface area contributed by atoms with Gasteiger partial charge in [-0.05, 0) is 85.0 Å². The van der Waals surface area contributed by atoms with Crippen LogP contribution in [-0.4, -0.2) is 29.1 Å². The van der Waals surface area contributed by atoms with Gasteiger partial charge in [-0.2, -0.15) is 0 Å². The number of carbonyl (C=O) groups is 1. The monoisotopic (exact) mass is 525 g/mol. The molecule has 0 saturated carbocycles. The molecule has 192 valence electrons. The standard InChI is InChI=1S/C31H28ClN3O3/c1-37-24-13-9-20(10-14-24)27-19-35-29(30(36)33-23-7-5-6-22(32)18-23)28(21-11-15-25(38-2)16-12-21)26-8-3-4-17-34(27)31(26)35/h5-7,9-16,18-19H,3-4,8,17H2,1-2H3,(H,33,36). The van der Waals surface area contributed by atoms with Crippen molar-refractivity contribution in [2.24, 2.45) is 0 Å². The number of halogens is 1. The van der Waals surface area contributed by atoms with Crippen LogP contribution in [0.3, 0.4) is 0 Å². The molecule has 0 saturated heterocycles. The molecule has 1 aliphatic heterocycles. The fraction of sp³-hybridized carbons (Fsp3) is 0.194. The van der Waals surface area contributed by atoms with Crippen LogP contribution < -0.4 is 14.8 Å². The largest absolute Gasteiger partial charge is 0.497 e. The topological polar surface area (TPSA) is 56.9 Å². The maximum atomic E-state index is 14.0. The predicted molar refractivity (Wildman–Crippen MR) is 152 cm³/mol. The summed E-state index contributed by atoms with van der Waals surface area (Å²) in [5.41, 5.74) is 7.61. The lowest BCUT2D eigenvalue weighted by Crippen LogP contribution is -2.15. The Balaban J connectivity index is 1.58. The van der Waals surface area contributed by atoms with Gasteiger partial charge in [-0.25, -0.2) is 0 Å². The van der Waals surface area contributed by atoms with Crippen molar-refractivity contribution in [1.29, 1.82) is 0 Å². The van der Waals surface area contributed by atoms with E-state index in [0.29, 0.717) is 16.4 Å². The average molecular weight is 526 g/mol. The van der Waals surface area contributed by atoms with Crippen LogP contribution in [0.5, 0.6) is 11.5 Å². The summed E-state index contributed by atoms with van der Waals surface area (Å²) in [4.78, 5) is 14.0. The highest BCUT2D eigenvalue weighted by Crippen LogP contribution is 2.40. The molecule has 1 aliphatic rings. The number of rotatable bonds is 6. The summed E-state index contributed by atoms with van der Waals surface area (Å²) in [5, 5.41) is 3.66. The summed E-state index contributed by atoms with van der Waals surface area (Å²) in [7, 11) is 3.32. The van der Waals surface area contributed by atoms with Crippen molar-refractivity contribution in [3.8, 4) is 33.9 Å². The van der Waals surface area contributed by atoms with Gasteiger partial charge in [0.25, 0.3) is 5.91 Å². The Morgan fingerprint density at radius 1 is 0.895 bits per heavy atom. The zero-order chi connectivity index (χ0) is 26.2. The number of hydrogen-bond donors (Lipinski definition) is 1. The Hall–Kier alpha value is -4.16. The van der Waals surface area contributed by atoms with Gasteiger partial charge >= 0.3 is 0 Å². The molecule has 2 aromatic heterocycles. The number of nitrogens with zero attached hydrogens (tertiary/aromatic N) is 2. The molecule has 3 aromatic carbocycles. The molecule has 0 radical (unpaired) electrons. The van der Waals surface area contributed by atoms with Crippen molar-refractivity contribution in [3.05, 3.63) is 95.3 Å². The number of ether oxygens (including phenoxy) is 2. The molecule has 5 aromatic rings. The lowest BCUT2D eigenvalue weighted by Gasteiger charge is -2.11. The van der Waals surface area contributed by atoms with E-state index < -0.39 is 0 Å². The van der Waals surface area contributed by atoms with E-state index in [1.54, 1.807) is 26.4 Å². The Morgan fingerprint density at radius 3 is 2.24 bits per heavy atom. The Morgan fingerprint density at radius 2 is 1.58 bits per heavy atom. The molecule has 0 aliphatic carbocycles. The van der Waals surface area contributed by atoms with Gasteiger partial charge in [0.1, 0.15) is 22.8 Å². The number of hydrogen-bond acceptors (Lipinski definition) is 3. The summed E-state index contributed by atoms with van der Waals surface area (Å²) in [5.74, 6) is 1.41. The highest BCUT2D eigenvalue weighted by atomic mass is 35.5. The molecule has 0 spiro atoms. The fourth-order valence-electron chi connectivity index (χ4n) is 5.43. The van der Waals surface area contributed by atoms with Crippen molar-refractivity contribution in [2.75, 3.05) is 19.5 Å². The first kappa shape index (κ1) is 24.2. The first-order chi connectivity index (χ1) is 18.6. The Labute approximate surface area is 226 Å². The number of amides is 1. The number of aryl methyl sites for hydroxylation is 2. The average Bonchev–Trinajstić information content (AvgIpc) is 3.36.